The second kappa shape index (κ2) is 5.72. The van der Waals surface area contributed by atoms with Crippen LogP contribution in [0.2, 0.25) is 0 Å². The topological polar surface area (TPSA) is 63.1 Å². The maximum absolute atomic E-state index is 12.0. The van der Waals surface area contributed by atoms with E-state index in [2.05, 4.69) is 24.8 Å². The van der Waals surface area contributed by atoms with Gasteiger partial charge in [-0.25, -0.2) is 9.97 Å². The quantitative estimate of drug-likeness (QED) is 0.925. The molecule has 4 rings (SSSR count). The van der Waals surface area contributed by atoms with Gasteiger partial charge in [0.1, 0.15) is 5.69 Å². The van der Waals surface area contributed by atoms with E-state index >= 15 is 0 Å². The first-order chi connectivity index (χ1) is 11.1. The largest absolute Gasteiger partial charge is 0.348 e. The number of amides is 1. The molecule has 1 N–H and O–H groups in total. The molecule has 1 amide bonds. The minimum atomic E-state index is -0.0316. The van der Waals surface area contributed by atoms with Crippen LogP contribution in [-0.4, -0.2) is 44.5 Å². The molecule has 2 aromatic rings. The molecule has 1 spiro atoms. The summed E-state index contributed by atoms with van der Waals surface area (Å²) in [6, 6.07) is 0.306. The van der Waals surface area contributed by atoms with Crippen LogP contribution >= 0.6 is 11.3 Å². The van der Waals surface area contributed by atoms with Crippen molar-refractivity contribution >= 4 is 17.2 Å². The zero-order chi connectivity index (χ0) is 15.9. The van der Waals surface area contributed by atoms with Gasteiger partial charge in [0.15, 0.2) is 0 Å². The van der Waals surface area contributed by atoms with Gasteiger partial charge in [-0.3, -0.25) is 9.69 Å². The lowest BCUT2D eigenvalue weighted by Gasteiger charge is -2.45. The molecule has 2 fully saturated rings. The Balaban J connectivity index is 1.28. The molecular formula is C16H21N5OS. The summed E-state index contributed by atoms with van der Waals surface area (Å²) in [5.74, 6) is -0.0316. The molecular weight excluding hydrogens is 310 g/mol. The highest BCUT2D eigenvalue weighted by molar-refractivity contribution is 7.07. The zero-order valence-corrected chi connectivity index (χ0v) is 14.1. The first-order valence-electron chi connectivity index (χ1n) is 8.00. The Hall–Kier alpha value is -1.73. The number of nitrogens with one attached hydrogen (secondary N) is 1. The van der Waals surface area contributed by atoms with Crippen LogP contribution in [0, 0.1) is 5.41 Å². The van der Waals surface area contributed by atoms with Gasteiger partial charge in [-0.2, -0.15) is 0 Å². The predicted molar refractivity (Wildman–Crippen MR) is 88.1 cm³/mol. The standard InChI is InChI=1S/C16H21N5OS/c1-20-10-17-6-13(20)7-21-3-2-16(9-21)4-12(5-16)19-15(22)14-8-23-11-18-14/h6,8,10-12H,2-5,7,9H2,1H3,(H,19,22). The molecule has 2 aliphatic rings. The van der Waals surface area contributed by atoms with Crippen molar-refractivity contribution in [3.63, 3.8) is 0 Å². The number of imidazole rings is 1. The van der Waals surface area contributed by atoms with E-state index in [4.69, 9.17) is 0 Å². The van der Waals surface area contributed by atoms with Crippen molar-refractivity contribution in [2.45, 2.75) is 31.8 Å². The summed E-state index contributed by atoms with van der Waals surface area (Å²) in [4.78, 5) is 22.8. The smallest absolute Gasteiger partial charge is 0.270 e. The summed E-state index contributed by atoms with van der Waals surface area (Å²) in [6.07, 6.45) is 7.21. The number of carbonyl (C=O) groups is 1. The lowest BCUT2D eigenvalue weighted by Crippen LogP contribution is -2.51. The van der Waals surface area contributed by atoms with E-state index in [9.17, 15) is 4.79 Å². The number of thiazole rings is 1. The molecule has 23 heavy (non-hydrogen) atoms. The maximum atomic E-state index is 12.0. The highest BCUT2D eigenvalue weighted by Crippen LogP contribution is 2.48. The first kappa shape index (κ1) is 14.8. The fourth-order valence-corrected chi connectivity index (χ4v) is 4.47. The molecule has 6 nitrogen and oxygen atoms in total. The van der Waals surface area contributed by atoms with Crippen molar-refractivity contribution in [2.75, 3.05) is 13.1 Å². The van der Waals surface area contributed by atoms with Crippen molar-refractivity contribution in [3.8, 4) is 0 Å². The lowest BCUT2D eigenvalue weighted by molar-refractivity contribution is 0.0690. The number of hydrogen-bond acceptors (Lipinski definition) is 5. The molecule has 1 aliphatic carbocycles. The molecule has 1 saturated carbocycles. The van der Waals surface area contributed by atoms with Crippen molar-refractivity contribution in [1.29, 1.82) is 0 Å². The molecule has 122 valence electrons. The minimum Gasteiger partial charge on any atom is -0.348 e. The van der Waals surface area contributed by atoms with Gasteiger partial charge in [0.25, 0.3) is 5.91 Å². The molecule has 0 unspecified atom stereocenters. The Morgan fingerprint density at radius 3 is 3.09 bits per heavy atom. The van der Waals surface area contributed by atoms with Crippen LogP contribution in [0.1, 0.15) is 35.4 Å². The van der Waals surface area contributed by atoms with Gasteiger partial charge in [-0.05, 0) is 31.2 Å². The third kappa shape index (κ3) is 2.90. The number of aromatic nitrogens is 3. The SMILES string of the molecule is Cn1cncc1CN1CCC2(CC(NC(=O)c3cscn3)C2)C1. The van der Waals surface area contributed by atoms with Gasteiger partial charge in [0, 0.05) is 37.8 Å². The summed E-state index contributed by atoms with van der Waals surface area (Å²) < 4.78 is 2.09. The fourth-order valence-electron chi connectivity index (χ4n) is 3.93. The third-order valence-electron chi connectivity index (χ3n) is 5.18. The van der Waals surface area contributed by atoms with Crippen molar-refractivity contribution in [2.24, 2.45) is 12.5 Å². The first-order valence-corrected chi connectivity index (χ1v) is 8.94. The minimum absolute atomic E-state index is 0.0316. The molecule has 0 aromatic carbocycles. The Labute approximate surface area is 139 Å². The van der Waals surface area contributed by atoms with E-state index in [0.717, 1.165) is 32.5 Å². The van der Waals surface area contributed by atoms with Crippen LogP contribution in [0.25, 0.3) is 0 Å². The second-order valence-corrected chi connectivity index (χ2v) is 7.63. The Morgan fingerprint density at radius 2 is 2.39 bits per heavy atom. The van der Waals surface area contributed by atoms with Crippen molar-refractivity contribution in [1.82, 2.24) is 24.8 Å². The van der Waals surface area contributed by atoms with Crippen LogP contribution < -0.4 is 5.32 Å². The number of aryl methyl sites for hydroxylation is 1. The average molecular weight is 331 g/mol. The van der Waals surface area contributed by atoms with Gasteiger partial charge in [0.05, 0.1) is 17.5 Å². The molecule has 0 bridgehead atoms. The lowest BCUT2D eigenvalue weighted by atomic mass is 9.65. The molecule has 7 heteroatoms. The fraction of sp³-hybridized carbons (Fsp3) is 0.562. The Kier molecular flexibility index (Phi) is 3.69. The Bertz CT molecular complexity index is 689. The summed E-state index contributed by atoms with van der Waals surface area (Å²) in [5, 5.41) is 4.91. The molecule has 2 aromatic heterocycles. The van der Waals surface area contributed by atoms with Crippen molar-refractivity contribution in [3.05, 3.63) is 34.8 Å². The van der Waals surface area contributed by atoms with Gasteiger partial charge in [0.2, 0.25) is 0 Å². The summed E-state index contributed by atoms with van der Waals surface area (Å²) in [7, 11) is 2.04. The number of carbonyl (C=O) groups excluding carboxylic acids is 1. The summed E-state index contributed by atoms with van der Waals surface area (Å²) in [6.45, 7) is 3.23. The highest BCUT2D eigenvalue weighted by Gasteiger charge is 2.48. The van der Waals surface area contributed by atoms with Crippen LogP contribution in [-0.2, 0) is 13.6 Å². The molecule has 1 saturated heterocycles. The van der Waals surface area contributed by atoms with Crippen LogP contribution in [0.4, 0.5) is 0 Å². The number of likely N-dealkylation sites (tertiary alicyclic amines) is 1. The normalized spacial score (nSPS) is 27.3. The summed E-state index contributed by atoms with van der Waals surface area (Å²) >= 11 is 1.46. The number of hydrogen-bond donors (Lipinski definition) is 1. The zero-order valence-electron chi connectivity index (χ0n) is 13.2. The van der Waals surface area contributed by atoms with Gasteiger partial charge >= 0.3 is 0 Å². The van der Waals surface area contributed by atoms with Gasteiger partial charge < -0.3 is 9.88 Å². The van der Waals surface area contributed by atoms with Crippen LogP contribution in [0.15, 0.2) is 23.4 Å². The monoisotopic (exact) mass is 331 g/mol. The van der Waals surface area contributed by atoms with Crippen LogP contribution in [0.3, 0.4) is 0 Å². The van der Waals surface area contributed by atoms with Gasteiger partial charge in [-0.1, -0.05) is 0 Å². The average Bonchev–Trinajstić information content (AvgIpc) is 3.21. The van der Waals surface area contributed by atoms with E-state index < -0.39 is 0 Å². The summed E-state index contributed by atoms with van der Waals surface area (Å²) in [5.41, 5.74) is 3.90. The maximum Gasteiger partial charge on any atom is 0.270 e. The van der Waals surface area contributed by atoms with Crippen molar-refractivity contribution < 1.29 is 4.79 Å². The second-order valence-electron chi connectivity index (χ2n) is 6.91. The van der Waals surface area contributed by atoms with Gasteiger partial charge in [-0.15, -0.1) is 11.3 Å². The Morgan fingerprint density at radius 1 is 1.52 bits per heavy atom. The van der Waals surface area contributed by atoms with E-state index in [1.165, 1.54) is 23.5 Å². The molecule has 1 aliphatic heterocycles. The predicted octanol–water partition coefficient (Wildman–Crippen LogP) is 1.66. The van der Waals surface area contributed by atoms with E-state index in [-0.39, 0.29) is 5.91 Å². The molecule has 3 heterocycles. The highest BCUT2D eigenvalue weighted by atomic mass is 32.1. The number of nitrogens with zero attached hydrogens (tertiary/aromatic N) is 4. The van der Waals surface area contributed by atoms with E-state index in [1.54, 1.807) is 10.9 Å². The molecule has 0 radical (unpaired) electrons. The van der Waals surface area contributed by atoms with Crippen LogP contribution in [0.5, 0.6) is 0 Å². The third-order valence-corrected chi connectivity index (χ3v) is 5.76. The molecule has 0 atom stereocenters. The van der Waals surface area contributed by atoms with E-state index in [0.29, 0.717) is 17.2 Å². The number of rotatable bonds is 4. The van der Waals surface area contributed by atoms with E-state index in [1.807, 2.05) is 19.6 Å².